The van der Waals surface area contributed by atoms with E-state index in [1.807, 2.05) is 6.92 Å². The van der Waals surface area contributed by atoms with Crippen molar-refractivity contribution in [1.82, 2.24) is 5.43 Å². The summed E-state index contributed by atoms with van der Waals surface area (Å²) in [5.41, 5.74) is 3.68. The second kappa shape index (κ2) is 4.18. The number of nitrogens with one attached hydrogen (secondary N) is 1. The molecule has 0 aromatic heterocycles. The summed E-state index contributed by atoms with van der Waals surface area (Å²) in [6.07, 6.45) is 0.891. The molecule has 0 heterocycles. The fraction of sp³-hybridized carbons (Fsp3) is 0.333. The lowest BCUT2D eigenvalue weighted by Crippen LogP contribution is -2.27. The minimum absolute atomic E-state index is 0.116. The standard InChI is InChI=1S/C9H13FN2/c1-2-9(12-11)7-3-5-8(10)6-4-7/h3-6,9,12H,2,11H2,1H3/t9-/m0/s1. The van der Waals surface area contributed by atoms with Gasteiger partial charge in [-0.2, -0.15) is 0 Å². The highest BCUT2D eigenvalue weighted by atomic mass is 19.1. The summed E-state index contributed by atoms with van der Waals surface area (Å²) >= 11 is 0. The maximum absolute atomic E-state index is 12.5. The lowest BCUT2D eigenvalue weighted by molar-refractivity contribution is 0.537. The first-order valence-corrected chi connectivity index (χ1v) is 3.99. The molecule has 3 heteroatoms. The molecule has 12 heavy (non-hydrogen) atoms. The Labute approximate surface area is 71.6 Å². The van der Waals surface area contributed by atoms with Gasteiger partial charge in [0.15, 0.2) is 0 Å². The molecular weight excluding hydrogens is 155 g/mol. The summed E-state index contributed by atoms with van der Waals surface area (Å²) in [6.45, 7) is 2.02. The molecule has 1 aromatic carbocycles. The molecule has 1 atom stereocenters. The van der Waals surface area contributed by atoms with E-state index in [9.17, 15) is 4.39 Å². The smallest absolute Gasteiger partial charge is 0.123 e. The van der Waals surface area contributed by atoms with E-state index in [2.05, 4.69) is 5.43 Å². The molecule has 0 radical (unpaired) electrons. The number of rotatable bonds is 3. The number of hydrazine groups is 1. The van der Waals surface area contributed by atoms with Crippen LogP contribution in [0.2, 0.25) is 0 Å². The summed E-state index contributed by atoms with van der Waals surface area (Å²) in [6, 6.07) is 6.47. The highest BCUT2D eigenvalue weighted by Crippen LogP contribution is 2.15. The Morgan fingerprint density at radius 1 is 1.42 bits per heavy atom. The first-order valence-electron chi connectivity index (χ1n) is 3.99. The van der Waals surface area contributed by atoms with Crippen LogP contribution < -0.4 is 11.3 Å². The van der Waals surface area contributed by atoms with Crippen LogP contribution in [0.4, 0.5) is 4.39 Å². The minimum Gasteiger partial charge on any atom is -0.271 e. The zero-order valence-corrected chi connectivity index (χ0v) is 7.05. The van der Waals surface area contributed by atoms with Crippen molar-refractivity contribution >= 4 is 0 Å². The molecular formula is C9H13FN2. The predicted molar refractivity (Wildman–Crippen MR) is 46.8 cm³/mol. The normalized spacial score (nSPS) is 12.9. The lowest BCUT2D eigenvalue weighted by atomic mass is 10.1. The van der Waals surface area contributed by atoms with Gasteiger partial charge in [-0.15, -0.1) is 0 Å². The van der Waals surface area contributed by atoms with Crippen LogP contribution in [0.1, 0.15) is 24.9 Å². The van der Waals surface area contributed by atoms with Gasteiger partial charge in [-0.25, -0.2) is 4.39 Å². The maximum atomic E-state index is 12.5. The molecule has 66 valence electrons. The Balaban J connectivity index is 2.80. The van der Waals surface area contributed by atoms with E-state index in [4.69, 9.17) is 5.84 Å². The van der Waals surface area contributed by atoms with Crippen molar-refractivity contribution in [2.24, 2.45) is 5.84 Å². The molecule has 2 nitrogen and oxygen atoms in total. The monoisotopic (exact) mass is 168 g/mol. The summed E-state index contributed by atoms with van der Waals surface area (Å²) < 4.78 is 12.5. The zero-order valence-electron chi connectivity index (χ0n) is 7.05. The molecule has 0 unspecified atom stereocenters. The van der Waals surface area contributed by atoms with Crippen LogP contribution in [0.3, 0.4) is 0 Å². The Morgan fingerprint density at radius 3 is 2.42 bits per heavy atom. The molecule has 0 amide bonds. The summed E-state index contributed by atoms with van der Waals surface area (Å²) in [4.78, 5) is 0. The SMILES string of the molecule is CC[C@H](NN)c1ccc(F)cc1. The average Bonchev–Trinajstić information content (AvgIpc) is 2.10. The van der Waals surface area contributed by atoms with E-state index in [-0.39, 0.29) is 11.9 Å². The van der Waals surface area contributed by atoms with E-state index >= 15 is 0 Å². The van der Waals surface area contributed by atoms with Crippen molar-refractivity contribution in [3.63, 3.8) is 0 Å². The van der Waals surface area contributed by atoms with Crippen LogP contribution in [0, 0.1) is 5.82 Å². The number of halogens is 1. The van der Waals surface area contributed by atoms with Gasteiger partial charge in [0.1, 0.15) is 5.82 Å². The molecule has 3 N–H and O–H groups in total. The second-order valence-corrected chi connectivity index (χ2v) is 2.68. The van der Waals surface area contributed by atoms with Gasteiger partial charge in [-0.05, 0) is 24.1 Å². The molecule has 0 aliphatic heterocycles. The van der Waals surface area contributed by atoms with Gasteiger partial charge in [-0.1, -0.05) is 19.1 Å². The van der Waals surface area contributed by atoms with Crippen LogP contribution >= 0.6 is 0 Å². The van der Waals surface area contributed by atoms with Crippen molar-refractivity contribution in [2.45, 2.75) is 19.4 Å². The third kappa shape index (κ3) is 2.03. The predicted octanol–water partition coefficient (Wildman–Crippen LogP) is 1.74. The van der Waals surface area contributed by atoms with Crippen molar-refractivity contribution < 1.29 is 4.39 Å². The van der Waals surface area contributed by atoms with Crippen LogP contribution in [0.25, 0.3) is 0 Å². The van der Waals surface area contributed by atoms with Crippen molar-refractivity contribution in [1.29, 1.82) is 0 Å². The molecule has 0 saturated carbocycles. The second-order valence-electron chi connectivity index (χ2n) is 2.68. The zero-order chi connectivity index (χ0) is 8.97. The van der Waals surface area contributed by atoms with Gasteiger partial charge in [0.05, 0.1) is 0 Å². The maximum Gasteiger partial charge on any atom is 0.123 e. The Morgan fingerprint density at radius 2 is 2.00 bits per heavy atom. The third-order valence-electron chi connectivity index (χ3n) is 1.88. The highest BCUT2D eigenvalue weighted by molar-refractivity contribution is 5.19. The average molecular weight is 168 g/mol. The van der Waals surface area contributed by atoms with Crippen LogP contribution in [0.15, 0.2) is 24.3 Å². The fourth-order valence-corrected chi connectivity index (χ4v) is 1.14. The van der Waals surface area contributed by atoms with E-state index in [0.29, 0.717) is 0 Å². The molecule has 0 bridgehead atoms. The Kier molecular flexibility index (Phi) is 3.19. The summed E-state index contributed by atoms with van der Waals surface area (Å²) in [7, 11) is 0. The molecule has 1 rings (SSSR count). The molecule has 0 aliphatic carbocycles. The van der Waals surface area contributed by atoms with Gasteiger partial charge >= 0.3 is 0 Å². The third-order valence-corrected chi connectivity index (χ3v) is 1.88. The van der Waals surface area contributed by atoms with Crippen molar-refractivity contribution in [3.05, 3.63) is 35.6 Å². The molecule has 0 saturated heterocycles. The molecule has 0 spiro atoms. The van der Waals surface area contributed by atoms with Crippen LogP contribution in [0.5, 0.6) is 0 Å². The van der Waals surface area contributed by atoms with Crippen LogP contribution in [-0.2, 0) is 0 Å². The van der Waals surface area contributed by atoms with E-state index in [0.717, 1.165) is 12.0 Å². The molecule has 0 fully saturated rings. The van der Waals surface area contributed by atoms with Crippen molar-refractivity contribution in [2.75, 3.05) is 0 Å². The van der Waals surface area contributed by atoms with Gasteiger partial charge in [-0.3, -0.25) is 11.3 Å². The lowest BCUT2D eigenvalue weighted by Gasteiger charge is -2.13. The van der Waals surface area contributed by atoms with Crippen LogP contribution in [-0.4, -0.2) is 0 Å². The summed E-state index contributed by atoms with van der Waals surface area (Å²) in [5, 5.41) is 0. The van der Waals surface area contributed by atoms with E-state index < -0.39 is 0 Å². The first-order chi connectivity index (χ1) is 5.77. The minimum atomic E-state index is -0.217. The largest absolute Gasteiger partial charge is 0.271 e. The van der Waals surface area contributed by atoms with Gasteiger partial charge in [0, 0.05) is 6.04 Å². The van der Waals surface area contributed by atoms with Gasteiger partial charge < -0.3 is 0 Å². The Bertz CT molecular complexity index is 229. The van der Waals surface area contributed by atoms with E-state index in [1.54, 1.807) is 12.1 Å². The topological polar surface area (TPSA) is 38.0 Å². The summed E-state index contributed by atoms with van der Waals surface area (Å²) in [5.74, 6) is 5.09. The number of hydrogen-bond acceptors (Lipinski definition) is 2. The number of nitrogens with two attached hydrogens (primary N) is 1. The van der Waals surface area contributed by atoms with Gasteiger partial charge in [0.2, 0.25) is 0 Å². The Hall–Kier alpha value is -0.930. The fourth-order valence-electron chi connectivity index (χ4n) is 1.14. The number of benzene rings is 1. The quantitative estimate of drug-likeness (QED) is 0.533. The van der Waals surface area contributed by atoms with E-state index in [1.165, 1.54) is 12.1 Å². The van der Waals surface area contributed by atoms with Crippen molar-refractivity contribution in [3.8, 4) is 0 Å². The molecule has 1 aromatic rings. The highest BCUT2D eigenvalue weighted by Gasteiger charge is 2.05. The van der Waals surface area contributed by atoms with Gasteiger partial charge in [0.25, 0.3) is 0 Å². The molecule has 0 aliphatic rings. The first kappa shape index (κ1) is 9.16. The number of hydrogen-bond donors (Lipinski definition) is 2.